The highest BCUT2D eigenvalue weighted by molar-refractivity contribution is 7.92. The average Bonchev–Trinajstić information content (AvgIpc) is 3.06. The number of aliphatic hydroxyl groups is 1. The van der Waals surface area contributed by atoms with E-state index in [9.17, 15) is 18.3 Å². The Labute approximate surface area is 279 Å². The number of aliphatic hydroxyl groups excluding tert-OH is 1. The highest BCUT2D eigenvalue weighted by Crippen LogP contribution is 2.29. The van der Waals surface area contributed by atoms with E-state index >= 15 is 0 Å². The standard InChI is InChI=1S/C36H49N3O7S/c1-26-22-39(27(2)25-40)36(41)33-21-30(37-47(42,43)32-12-7-6-8-13-32)16-19-34(33)46-28(3)11-9-10-20-45-35(26)24-38(4)23-29-14-17-31(44-5)18-15-29/h6-8,12-19,21,26-28,35,37,40H,9-11,20,22-25H2,1-5H3/t26-,27-,28+,35-/m1/s1. The predicted octanol–water partition coefficient (Wildman–Crippen LogP) is 5.42. The average molecular weight is 668 g/mol. The Kier molecular flexibility index (Phi) is 13.1. The molecule has 10 nitrogen and oxygen atoms in total. The topological polar surface area (TPSA) is 118 Å². The van der Waals surface area contributed by atoms with Crippen LogP contribution in [0.4, 0.5) is 5.69 Å². The maximum absolute atomic E-state index is 14.4. The molecule has 0 spiro atoms. The lowest BCUT2D eigenvalue weighted by Crippen LogP contribution is -2.47. The molecule has 3 aromatic rings. The fourth-order valence-electron chi connectivity index (χ4n) is 5.68. The number of carbonyl (C=O) groups excluding carboxylic acids is 1. The Morgan fingerprint density at radius 3 is 2.47 bits per heavy atom. The normalized spacial score (nSPS) is 20.5. The molecule has 4 atom stereocenters. The second kappa shape index (κ2) is 17.0. The number of nitrogens with one attached hydrogen (secondary N) is 1. The minimum atomic E-state index is -3.89. The van der Waals surface area contributed by atoms with E-state index in [2.05, 4.69) is 23.6 Å². The van der Waals surface area contributed by atoms with Gasteiger partial charge in [-0.25, -0.2) is 8.42 Å². The fourth-order valence-corrected chi connectivity index (χ4v) is 6.75. The number of hydrogen-bond donors (Lipinski definition) is 2. The van der Waals surface area contributed by atoms with Crippen LogP contribution in [0.3, 0.4) is 0 Å². The van der Waals surface area contributed by atoms with Gasteiger partial charge in [-0.3, -0.25) is 14.4 Å². The second-order valence-electron chi connectivity index (χ2n) is 12.5. The van der Waals surface area contributed by atoms with Crippen LogP contribution in [-0.4, -0.2) is 87.9 Å². The van der Waals surface area contributed by atoms with Crippen molar-refractivity contribution in [1.29, 1.82) is 0 Å². The molecule has 0 unspecified atom stereocenters. The van der Waals surface area contributed by atoms with E-state index in [0.29, 0.717) is 25.4 Å². The molecule has 0 bridgehead atoms. The van der Waals surface area contributed by atoms with Gasteiger partial charge in [0.05, 0.1) is 42.4 Å². The number of likely N-dealkylation sites (N-methyl/N-ethyl adjacent to an activating group) is 1. The molecule has 1 amide bonds. The maximum atomic E-state index is 14.4. The molecule has 3 aromatic carbocycles. The molecule has 0 aliphatic carbocycles. The summed E-state index contributed by atoms with van der Waals surface area (Å²) in [7, 11) is -0.185. The van der Waals surface area contributed by atoms with Crippen molar-refractivity contribution in [3.05, 3.63) is 83.9 Å². The molecule has 0 radical (unpaired) electrons. The molecule has 2 N–H and O–H groups in total. The Balaban J connectivity index is 1.62. The molecule has 0 saturated heterocycles. The molecule has 256 valence electrons. The van der Waals surface area contributed by atoms with Gasteiger partial charge in [0.2, 0.25) is 0 Å². The van der Waals surface area contributed by atoms with E-state index in [1.165, 1.54) is 18.2 Å². The fraction of sp³-hybridized carbons (Fsp3) is 0.472. The van der Waals surface area contributed by atoms with Crippen LogP contribution in [-0.2, 0) is 21.3 Å². The number of carbonyl (C=O) groups is 1. The molecule has 1 aliphatic rings. The summed E-state index contributed by atoms with van der Waals surface area (Å²) in [6.07, 6.45) is 2.14. The molecule has 11 heteroatoms. The van der Waals surface area contributed by atoms with Crippen molar-refractivity contribution in [2.45, 2.75) is 69.7 Å². The third kappa shape index (κ3) is 10.2. The smallest absolute Gasteiger partial charge is 0.261 e. The van der Waals surface area contributed by atoms with Gasteiger partial charge in [-0.15, -0.1) is 0 Å². The summed E-state index contributed by atoms with van der Waals surface area (Å²) in [5.41, 5.74) is 1.62. The van der Waals surface area contributed by atoms with Gasteiger partial charge >= 0.3 is 0 Å². The molecule has 0 saturated carbocycles. The monoisotopic (exact) mass is 667 g/mol. The van der Waals surface area contributed by atoms with Crippen molar-refractivity contribution in [2.75, 3.05) is 45.2 Å². The molecule has 1 heterocycles. The van der Waals surface area contributed by atoms with Crippen LogP contribution in [0.5, 0.6) is 11.5 Å². The van der Waals surface area contributed by atoms with Crippen molar-refractivity contribution < 1.29 is 32.5 Å². The summed E-state index contributed by atoms with van der Waals surface area (Å²) in [5.74, 6) is 0.738. The van der Waals surface area contributed by atoms with E-state index in [0.717, 1.165) is 37.1 Å². The van der Waals surface area contributed by atoms with E-state index in [4.69, 9.17) is 14.2 Å². The first-order valence-corrected chi connectivity index (χ1v) is 17.7. The van der Waals surface area contributed by atoms with Crippen molar-refractivity contribution in [1.82, 2.24) is 9.80 Å². The van der Waals surface area contributed by atoms with Crippen molar-refractivity contribution >= 4 is 21.6 Å². The molecular formula is C36H49N3O7S. The number of fused-ring (bicyclic) bond motifs is 1. The summed E-state index contributed by atoms with van der Waals surface area (Å²) in [4.78, 5) is 18.3. The minimum Gasteiger partial charge on any atom is -0.497 e. The minimum absolute atomic E-state index is 0.0859. The van der Waals surface area contributed by atoms with Gasteiger partial charge in [0.1, 0.15) is 11.5 Å². The van der Waals surface area contributed by atoms with Gasteiger partial charge in [0.25, 0.3) is 15.9 Å². The first kappa shape index (κ1) is 36.2. The first-order valence-electron chi connectivity index (χ1n) is 16.2. The summed E-state index contributed by atoms with van der Waals surface area (Å²) < 4.78 is 46.9. The molecule has 4 rings (SSSR count). The second-order valence-corrected chi connectivity index (χ2v) is 14.2. The van der Waals surface area contributed by atoms with Crippen molar-refractivity contribution in [3.63, 3.8) is 0 Å². The largest absolute Gasteiger partial charge is 0.497 e. The number of rotatable bonds is 10. The number of nitrogens with zero attached hydrogens (tertiary/aromatic N) is 2. The number of ether oxygens (including phenoxy) is 3. The summed E-state index contributed by atoms with van der Waals surface area (Å²) >= 11 is 0. The highest BCUT2D eigenvalue weighted by Gasteiger charge is 2.30. The quantitative estimate of drug-likeness (QED) is 0.294. The number of hydrogen-bond acceptors (Lipinski definition) is 8. The SMILES string of the molecule is COc1ccc(CN(C)C[C@H]2OCCCC[C@H](C)Oc3ccc(NS(=O)(=O)c4ccccc4)cc3C(=O)N([C@H](C)CO)C[C@H]2C)cc1. The van der Waals surface area contributed by atoms with Crippen LogP contribution >= 0.6 is 0 Å². The number of sulfonamides is 1. The first-order chi connectivity index (χ1) is 22.5. The number of methoxy groups -OCH3 is 1. The zero-order valence-electron chi connectivity index (χ0n) is 28.1. The number of benzene rings is 3. The zero-order chi connectivity index (χ0) is 34.0. The van der Waals surface area contributed by atoms with Gasteiger partial charge in [-0.2, -0.15) is 0 Å². The van der Waals surface area contributed by atoms with Gasteiger partial charge < -0.3 is 24.2 Å². The van der Waals surface area contributed by atoms with E-state index in [1.807, 2.05) is 31.2 Å². The van der Waals surface area contributed by atoms with Gasteiger partial charge in [0.15, 0.2) is 0 Å². The van der Waals surface area contributed by atoms with Crippen LogP contribution in [0.1, 0.15) is 56.0 Å². The van der Waals surface area contributed by atoms with Crippen LogP contribution in [0, 0.1) is 5.92 Å². The molecule has 0 fully saturated rings. The number of anilines is 1. The van der Waals surface area contributed by atoms with Crippen LogP contribution in [0.25, 0.3) is 0 Å². The molecular weight excluding hydrogens is 618 g/mol. The maximum Gasteiger partial charge on any atom is 0.261 e. The van der Waals surface area contributed by atoms with Crippen LogP contribution in [0.15, 0.2) is 77.7 Å². The zero-order valence-corrected chi connectivity index (χ0v) is 28.9. The van der Waals surface area contributed by atoms with Crippen molar-refractivity contribution in [3.8, 4) is 11.5 Å². The lowest BCUT2D eigenvalue weighted by molar-refractivity contribution is -0.0177. The molecule has 1 aliphatic heterocycles. The van der Waals surface area contributed by atoms with Gasteiger partial charge in [0, 0.05) is 37.8 Å². The van der Waals surface area contributed by atoms with Gasteiger partial charge in [-0.1, -0.05) is 37.3 Å². The molecule has 47 heavy (non-hydrogen) atoms. The van der Waals surface area contributed by atoms with E-state index in [1.54, 1.807) is 49.3 Å². The van der Waals surface area contributed by atoms with Crippen molar-refractivity contribution in [2.24, 2.45) is 5.92 Å². The third-order valence-corrected chi connectivity index (χ3v) is 9.86. The van der Waals surface area contributed by atoms with E-state index < -0.39 is 16.1 Å². The Bertz CT molecular complexity index is 1540. The van der Waals surface area contributed by atoms with Crippen LogP contribution < -0.4 is 14.2 Å². The summed E-state index contributed by atoms with van der Waals surface area (Å²) in [5, 5.41) is 10.2. The lowest BCUT2D eigenvalue weighted by Gasteiger charge is -2.36. The van der Waals surface area contributed by atoms with E-state index in [-0.39, 0.29) is 46.8 Å². The summed E-state index contributed by atoms with van der Waals surface area (Å²) in [6.45, 7) is 7.84. The Morgan fingerprint density at radius 2 is 1.79 bits per heavy atom. The lowest BCUT2D eigenvalue weighted by atomic mass is 10.0. The summed E-state index contributed by atoms with van der Waals surface area (Å²) in [6, 6.07) is 20.3. The van der Waals surface area contributed by atoms with Gasteiger partial charge in [-0.05, 0) is 88.2 Å². The Morgan fingerprint density at radius 1 is 1.06 bits per heavy atom. The van der Waals surface area contributed by atoms with Crippen LogP contribution in [0.2, 0.25) is 0 Å². The molecule has 0 aromatic heterocycles. The third-order valence-electron chi connectivity index (χ3n) is 8.46. The number of amides is 1. The predicted molar refractivity (Wildman–Crippen MR) is 183 cm³/mol. The highest BCUT2D eigenvalue weighted by atomic mass is 32.2. The Hall–Kier alpha value is -3.64.